The molecule has 4 aliphatic rings. The van der Waals surface area contributed by atoms with Crippen molar-refractivity contribution in [3.8, 4) is 11.5 Å². The Morgan fingerprint density at radius 3 is 2.39 bits per heavy atom. The minimum absolute atomic E-state index is 0.166. The van der Waals surface area contributed by atoms with Crippen LogP contribution in [0.3, 0.4) is 0 Å². The van der Waals surface area contributed by atoms with Crippen molar-refractivity contribution in [3.05, 3.63) is 82.8 Å². The zero-order chi connectivity index (χ0) is 54.1. The van der Waals surface area contributed by atoms with E-state index in [1.807, 2.05) is 0 Å². The van der Waals surface area contributed by atoms with Crippen molar-refractivity contribution in [1.29, 1.82) is 0 Å². The zero-order valence-electron chi connectivity index (χ0n) is 43.9. The van der Waals surface area contributed by atoms with Crippen LogP contribution >= 0.6 is 11.6 Å². The minimum atomic E-state index is -3.67. The predicted octanol–water partition coefficient (Wildman–Crippen LogP) is 6.39. The number of halogens is 1. The molecule has 0 spiro atoms. The third kappa shape index (κ3) is 13.6. The number of anilines is 6. The van der Waals surface area contributed by atoms with Crippen LogP contribution in [0.5, 0.6) is 11.5 Å². The number of aromatic nitrogens is 4. The summed E-state index contributed by atoms with van der Waals surface area (Å²) in [4.78, 5) is 76.8. The Morgan fingerprint density at radius 1 is 0.870 bits per heavy atom. The van der Waals surface area contributed by atoms with Gasteiger partial charge in [-0.1, -0.05) is 50.3 Å². The topological polar surface area (TPSA) is 246 Å². The molecule has 0 saturated carbocycles. The van der Waals surface area contributed by atoms with Crippen LogP contribution in [0.4, 0.5) is 34.5 Å². The van der Waals surface area contributed by atoms with Gasteiger partial charge < -0.3 is 40.1 Å². The second-order valence-electron chi connectivity index (χ2n) is 20.0. The van der Waals surface area contributed by atoms with Crippen molar-refractivity contribution >= 4 is 90.8 Å². The largest absolute Gasteiger partial charge is 0.494 e. The number of amides is 4. The lowest BCUT2D eigenvalue weighted by molar-refractivity contribution is -0.137. The number of rotatable bonds is 23. The van der Waals surface area contributed by atoms with Gasteiger partial charge in [0.2, 0.25) is 27.8 Å². The van der Waals surface area contributed by atoms with Crippen molar-refractivity contribution < 1.29 is 37.1 Å². The van der Waals surface area contributed by atoms with E-state index in [1.54, 1.807) is 37.4 Å². The molecule has 5 aromatic rings. The fourth-order valence-electron chi connectivity index (χ4n) is 10.8. The number of fused-ring (bicyclic) bond motifs is 2. The average Bonchev–Trinajstić information content (AvgIpc) is 3.83. The van der Waals surface area contributed by atoms with Gasteiger partial charge in [0.25, 0.3) is 11.8 Å². The molecule has 3 saturated heterocycles. The van der Waals surface area contributed by atoms with E-state index in [1.165, 1.54) is 48.3 Å². The number of piperazine rings is 1. The van der Waals surface area contributed by atoms with E-state index in [4.69, 9.17) is 21.1 Å². The van der Waals surface area contributed by atoms with Gasteiger partial charge in [-0.3, -0.25) is 44.1 Å². The number of hydrogen-bond donors (Lipinski definition) is 5. The first kappa shape index (κ1) is 54.9. The fourth-order valence-corrected chi connectivity index (χ4v) is 11.5. The number of aryl methyl sites for hydroxylation is 1. The Hall–Kier alpha value is -6.88. The molecule has 21 nitrogen and oxygen atoms in total. The van der Waals surface area contributed by atoms with Gasteiger partial charge in [0, 0.05) is 93.6 Å². The van der Waals surface area contributed by atoms with Crippen LogP contribution in [0.1, 0.15) is 92.6 Å². The van der Waals surface area contributed by atoms with Crippen LogP contribution in [0.15, 0.2) is 61.1 Å². The number of sulfonamides is 1. The molecule has 3 aromatic carbocycles. The molecule has 4 aliphatic heterocycles. The third-order valence-electron chi connectivity index (χ3n) is 14.8. The highest BCUT2D eigenvalue weighted by molar-refractivity contribution is 7.92. The van der Waals surface area contributed by atoms with E-state index in [-0.39, 0.29) is 66.2 Å². The van der Waals surface area contributed by atoms with Crippen LogP contribution in [0.2, 0.25) is 5.02 Å². The number of nitrogens with one attached hydrogen (secondary N) is 5. The van der Waals surface area contributed by atoms with Crippen LogP contribution in [-0.2, 0) is 37.4 Å². The number of ether oxygens (including phenoxy) is 2. The summed E-state index contributed by atoms with van der Waals surface area (Å²) in [5, 5.41) is 12.0. The van der Waals surface area contributed by atoms with Crippen molar-refractivity contribution in [2.24, 2.45) is 0 Å². The van der Waals surface area contributed by atoms with Crippen LogP contribution < -0.4 is 40.4 Å². The Kier molecular flexibility index (Phi) is 17.9. The summed E-state index contributed by atoms with van der Waals surface area (Å²) in [6.07, 6.45) is 15.6. The molecule has 410 valence electrons. The second-order valence-corrected chi connectivity index (χ2v) is 22.2. The number of hydrogen-bond acceptors (Lipinski definition) is 17. The van der Waals surface area contributed by atoms with E-state index in [2.05, 4.69) is 79.7 Å². The molecule has 9 rings (SSSR count). The first-order chi connectivity index (χ1) is 37.2. The molecule has 77 heavy (non-hydrogen) atoms. The number of piperidine rings is 2. The van der Waals surface area contributed by atoms with Crippen molar-refractivity contribution in [2.75, 3.05) is 92.6 Å². The van der Waals surface area contributed by atoms with Gasteiger partial charge in [-0.05, 0) is 81.0 Å². The number of carbonyl (C=O) groups is 4. The third-order valence-corrected chi connectivity index (χ3v) is 15.7. The Balaban J connectivity index is 0.660. The summed E-state index contributed by atoms with van der Waals surface area (Å²) in [6, 6.07) is 12.6. The van der Waals surface area contributed by atoms with Gasteiger partial charge in [-0.25, -0.2) is 13.4 Å². The molecular formula is C54H68ClN13O8S. The minimum Gasteiger partial charge on any atom is -0.494 e. The van der Waals surface area contributed by atoms with Gasteiger partial charge in [-0.15, -0.1) is 0 Å². The van der Waals surface area contributed by atoms with Gasteiger partial charge in [0.15, 0.2) is 12.4 Å². The van der Waals surface area contributed by atoms with Crippen molar-refractivity contribution in [1.82, 2.24) is 45.3 Å². The molecule has 3 fully saturated rings. The maximum Gasteiger partial charge on any atom is 0.257 e. The smallest absolute Gasteiger partial charge is 0.257 e. The molecule has 4 amide bonds. The Bertz CT molecular complexity index is 3080. The lowest BCUT2D eigenvalue weighted by Gasteiger charge is -2.43. The maximum atomic E-state index is 13.1. The Labute approximate surface area is 454 Å². The standard InChI is InChI=1S/C54H68ClN13O8S/c1-4-35-30-42(61-54-59-32-39(55)51(63-54)60-41-15-14-40-49(58-22-21-56-40)50(41)64-77(3,73)74)46(75-2)31-44(35)67-24-18-36(19-25-67)66-28-26-65(27-29-66)23-10-8-6-5-7-9-20-57-48(70)34-76-45-13-11-12-37-38(45)33-68(53(37)72)43-16-17-47(69)62-52(43)71/h11-15,21-22,30-32,36,43,64H,4-10,16-20,23-29,33-34H2,1-3H3,(H,57,70)(H,62,69,71)(H2,59,60,61,63). The van der Waals surface area contributed by atoms with Crippen LogP contribution in [0.25, 0.3) is 11.0 Å². The number of unbranched alkanes of at least 4 members (excludes halogenated alkanes) is 5. The molecule has 1 unspecified atom stereocenters. The van der Waals surface area contributed by atoms with Gasteiger partial charge in [0.05, 0.1) is 48.7 Å². The second kappa shape index (κ2) is 25.1. The molecule has 0 aliphatic carbocycles. The first-order valence-electron chi connectivity index (χ1n) is 26.6. The van der Waals surface area contributed by atoms with E-state index < -0.39 is 22.0 Å². The highest BCUT2D eigenvalue weighted by atomic mass is 35.5. The SMILES string of the molecule is CCc1cc(Nc2ncc(Cl)c(Nc3ccc4nccnc4c3NS(C)(=O)=O)n2)c(OC)cc1N1CCC(N2CCN(CCCCCCCCNC(=O)COc3cccc4c3CN(C3CCC(=O)NC3=O)C4=O)CC2)CC1. The maximum absolute atomic E-state index is 13.1. The molecule has 0 radical (unpaired) electrons. The van der Waals surface area contributed by atoms with E-state index in [0.29, 0.717) is 57.6 Å². The molecule has 6 heterocycles. The quantitative estimate of drug-likeness (QED) is 0.0352. The molecular weight excluding hydrogens is 1030 g/mol. The first-order valence-corrected chi connectivity index (χ1v) is 28.9. The molecule has 5 N–H and O–H groups in total. The summed E-state index contributed by atoms with van der Waals surface area (Å²) in [6.45, 7) is 10.1. The Morgan fingerprint density at radius 2 is 1.64 bits per heavy atom. The summed E-state index contributed by atoms with van der Waals surface area (Å²) in [7, 11) is -2.02. The van der Waals surface area contributed by atoms with Gasteiger partial charge >= 0.3 is 0 Å². The van der Waals surface area contributed by atoms with Crippen LogP contribution in [0, 0.1) is 0 Å². The summed E-state index contributed by atoms with van der Waals surface area (Å²) in [5.41, 5.74) is 5.61. The van der Waals surface area contributed by atoms with E-state index in [0.717, 1.165) is 96.3 Å². The number of carbonyl (C=O) groups excluding carboxylic acids is 4. The molecule has 2 aromatic heterocycles. The molecule has 23 heteroatoms. The summed E-state index contributed by atoms with van der Waals surface area (Å²) < 4.78 is 39.1. The predicted molar refractivity (Wildman–Crippen MR) is 296 cm³/mol. The van der Waals surface area contributed by atoms with Crippen molar-refractivity contribution in [3.63, 3.8) is 0 Å². The fraction of sp³-hybridized carbons (Fsp3) is 0.481. The number of benzene rings is 3. The van der Waals surface area contributed by atoms with E-state index in [9.17, 15) is 27.6 Å². The lowest BCUT2D eigenvalue weighted by Crippen LogP contribution is -2.53. The summed E-state index contributed by atoms with van der Waals surface area (Å²) >= 11 is 6.58. The number of methoxy groups -OCH3 is 1. The lowest BCUT2D eigenvalue weighted by atomic mass is 9.99. The van der Waals surface area contributed by atoms with Gasteiger partial charge in [-0.2, -0.15) is 4.98 Å². The highest BCUT2D eigenvalue weighted by Gasteiger charge is 2.40. The van der Waals surface area contributed by atoms with E-state index >= 15 is 0 Å². The normalized spacial score (nSPS) is 17.6. The van der Waals surface area contributed by atoms with Crippen LogP contribution in [-0.4, -0.2) is 151 Å². The number of imide groups is 1. The monoisotopic (exact) mass is 1090 g/mol. The number of nitrogens with zero attached hydrogens (tertiary/aromatic N) is 8. The molecule has 0 bridgehead atoms. The highest BCUT2D eigenvalue weighted by Crippen LogP contribution is 2.39. The van der Waals surface area contributed by atoms with Gasteiger partial charge in [0.1, 0.15) is 28.1 Å². The van der Waals surface area contributed by atoms with Crippen molar-refractivity contribution in [2.45, 2.75) is 96.2 Å². The zero-order valence-corrected chi connectivity index (χ0v) is 45.5. The summed E-state index contributed by atoms with van der Waals surface area (Å²) in [5.74, 6) is 0.320. The average molecular weight is 1090 g/mol. The molecule has 1 atom stereocenters.